The number of rotatable bonds is 2. The minimum atomic E-state index is -0.632. The Labute approximate surface area is 84.7 Å². The molecule has 1 heterocycles. The van der Waals surface area contributed by atoms with E-state index in [1.807, 2.05) is 20.8 Å². The first kappa shape index (κ1) is 11.5. The monoisotopic (exact) mass is 201 g/mol. The van der Waals surface area contributed by atoms with E-state index in [9.17, 15) is 4.79 Å². The lowest BCUT2D eigenvalue weighted by molar-refractivity contribution is -0.193. The van der Waals surface area contributed by atoms with Crippen LogP contribution < -0.4 is 5.73 Å². The zero-order chi connectivity index (χ0) is 11.0. The smallest absolute Gasteiger partial charge is 0.318 e. The quantitative estimate of drug-likeness (QED) is 0.663. The second-order valence-electron chi connectivity index (χ2n) is 4.98. The molecule has 1 fully saturated rings. The van der Waals surface area contributed by atoms with Crippen molar-refractivity contribution in [2.75, 3.05) is 20.3 Å². The Morgan fingerprint density at radius 2 is 2.00 bits per heavy atom. The van der Waals surface area contributed by atoms with Crippen LogP contribution in [0.3, 0.4) is 0 Å². The molecular formula is C10H19NO3. The van der Waals surface area contributed by atoms with Gasteiger partial charge in [0.2, 0.25) is 0 Å². The molecule has 1 aliphatic rings. The van der Waals surface area contributed by atoms with E-state index in [0.29, 0.717) is 13.2 Å². The van der Waals surface area contributed by atoms with Crippen LogP contribution in [0.5, 0.6) is 0 Å². The molecule has 0 saturated carbocycles. The molecule has 0 amide bonds. The molecule has 0 radical (unpaired) electrons. The molecule has 82 valence electrons. The number of carbonyl (C=O) groups is 1. The maximum atomic E-state index is 11.6. The van der Waals surface area contributed by atoms with E-state index in [1.165, 1.54) is 7.11 Å². The van der Waals surface area contributed by atoms with Crippen molar-refractivity contribution in [2.24, 2.45) is 16.6 Å². The predicted molar refractivity (Wildman–Crippen MR) is 52.7 cm³/mol. The maximum absolute atomic E-state index is 11.6. The molecule has 0 spiro atoms. The topological polar surface area (TPSA) is 61.5 Å². The van der Waals surface area contributed by atoms with Crippen molar-refractivity contribution in [3.8, 4) is 0 Å². The van der Waals surface area contributed by atoms with Gasteiger partial charge in [0.05, 0.1) is 20.3 Å². The van der Waals surface area contributed by atoms with Gasteiger partial charge in [-0.25, -0.2) is 0 Å². The van der Waals surface area contributed by atoms with E-state index in [2.05, 4.69) is 0 Å². The molecule has 0 aliphatic carbocycles. The molecule has 0 aromatic carbocycles. The first-order valence-corrected chi connectivity index (χ1v) is 4.76. The molecule has 1 aliphatic heterocycles. The number of nitrogens with two attached hydrogens (primary N) is 1. The van der Waals surface area contributed by atoms with Crippen LogP contribution in [0.1, 0.15) is 20.8 Å². The van der Waals surface area contributed by atoms with Gasteiger partial charge in [-0.1, -0.05) is 20.8 Å². The number of carbonyl (C=O) groups excluding carboxylic acids is 1. The van der Waals surface area contributed by atoms with Crippen LogP contribution in [0.25, 0.3) is 0 Å². The molecule has 1 rings (SSSR count). The molecule has 0 bridgehead atoms. The Kier molecular flexibility index (Phi) is 2.88. The van der Waals surface area contributed by atoms with Gasteiger partial charge in [-0.05, 0) is 5.41 Å². The molecule has 4 nitrogen and oxygen atoms in total. The first-order chi connectivity index (χ1) is 6.34. The molecule has 1 atom stereocenters. The molecule has 1 unspecified atom stereocenters. The van der Waals surface area contributed by atoms with Crippen molar-refractivity contribution in [3.63, 3.8) is 0 Å². The van der Waals surface area contributed by atoms with Gasteiger partial charge in [-0.3, -0.25) is 4.79 Å². The molecule has 2 N–H and O–H groups in total. The van der Waals surface area contributed by atoms with Gasteiger partial charge in [0.25, 0.3) is 0 Å². The summed E-state index contributed by atoms with van der Waals surface area (Å²) >= 11 is 0. The van der Waals surface area contributed by atoms with Crippen molar-refractivity contribution in [1.82, 2.24) is 0 Å². The van der Waals surface area contributed by atoms with Crippen LogP contribution in [0.15, 0.2) is 0 Å². The summed E-state index contributed by atoms with van der Waals surface area (Å²) in [6, 6.07) is -0.240. The van der Waals surface area contributed by atoms with E-state index < -0.39 is 5.41 Å². The molecular weight excluding hydrogens is 182 g/mol. The lowest BCUT2D eigenvalue weighted by Gasteiger charge is -2.47. The van der Waals surface area contributed by atoms with Crippen LogP contribution >= 0.6 is 0 Å². The number of hydrogen-bond acceptors (Lipinski definition) is 4. The highest BCUT2D eigenvalue weighted by molar-refractivity contribution is 5.79. The molecule has 1 saturated heterocycles. The lowest BCUT2D eigenvalue weighted by Crippen LogP contribution is -2.64. The highest BCUT2D eigenvalue weighted by atomic mass is 16.5. The summed E-state index contributed by atoms with van der Waals surface area (Å²) in [7, 11) is 1.39. The number of ether oxygens (including phenoxy) is 2. The third-order valence-electron chi connectivity index (χ3n) is 2.84. The molecule has 0 aromatic heterocycles. The maximum Gasteiger partial charge on any atom is 0.318 e. The average Bonchev–Trinajstić information content (AvgIpc) is 2.00. The van der Waals surface area contributed by atoms with Gasteiger partial charge in [0.1, 0.15) is 5.41 Å². The summed E-state index contributed by atoms with van der Waals surface area (Å²) in [5.41, 5.74) is 5.33. The van der Waals surface area contributed by atoms with Gasteiger partial charge < -0.3 is 15.2 Å². The van der Waals surface area contributed by atoms with Crippen molar-refractivity contribution in [3.05, 3.63) is 0 Å². The van der Waals surface area contributed by atoms with Gasteiger partial charge >= 0.3 is 5.97 Å². The molecule has 14 heavy (non-hydrogen) atoms. The first-order valence-electron chi connectivity index (χ1n) is 4.76. The minimum absolute atomic E-state index is 0.127. The van der Waals surface area contributed by atoms with Gasteiger partial charge in [0.15, 0.2) is 0 Å². The van der Waals surface area contributed by atoms with Crippen LogP contribution in [-0.2, 0) is 14.3 Å². The fourth-order valence-electron chi connectivity index (χ4n) is 1.78. The second kappa shape index (κ2) is 3.51. The summed E-state index contributed by atoms with van der Waals surface area (Å²) in [5.74, 6) is -0.258. The average molecular weight is 201 g/mol. The summed E-state index contributed by atoms with van der Waals surface area (Å²) in [6.07, 6.45) is 0. The third kappa shape index (κ3) is 1.64. The minimum Gasteiger partial charge on any atom is -0.468 e. The van der Waals surface area contributed by atoms with E-state index >= 15 is 0 Å². The van der Waals surface area contributed by atoms with Gasteiger partial charge in [-0.2, -0.15) is 0 Å². The van der Waals surface area contributed by atoms with Gasteiger partial charge in [-0.15, -0.1) is 0 Å². The largest absolute Gasteiger partial charge is 0.468 e. The van der Waals surface area contributed by atoms with Crippen molar-refractivity contribution < 1.29 is 14.3 Å². The lowest BCUT2D eigenvalue weighted by atomic mass is 9.68. The predicted octanol–water partition coefficient (Wildman–Crippen LogP) is 0.549. The highest BCUT2D eigenvalue weighted by Crippen LogP contribution is 2.39. The van der Waals surface area contributed by atoms with Crippen LogP contribution in [0.4, 0.5) is 0 Å². The highest BCUT2D eigenvalue weighted by Gasteiger charge is 2.55. The van der Waals surface area contributed by atoms with Crippen LogP contribution in [0.2, 0.25) is 0 Å². The van der Waals surface area contributed by atoms with Crippen molar-refractivity contribution in [2.45, 2.75) is 26.8 Å². The Balaban J connectivity index is 2.85. The van der Waals surface area contributed by atoms with E-state index in [4.69, 9.17) is 15.2 Å². The van der Waals surface area contributed by atoms with Crippen LogP contribution in [0, 0.1) is 10.8 Å². The van der Waals surface area contributed by atoms with E-state index in [0.717, 1.165) is 0 Å². The van der Waals surface area contributed by atoms with E-state index in [-0.39, 0.29) is 17.4 Å². The summed E-state index contributed by atoms with van der Waals surface area (Å²) in [6.45, 7) is 6.79. The zero-order valence-electron chi connectivity index (χ0n) is 9.29. The Bertz CT molecular complexity index is 228. The standard InChI is InChI=1S/C10H19NO3/c1-9(2,3)7(11)10(5-14-6-10)8(12)13-4/h7H,5-6,11H2,1-4H3. The second-order valence-corrected chi connectivity index (χ2v) is 4.98. The SMILES string of the molecule is COC(=O)C1(C(N)C(C)(C)C)COC1. The Morgan fingerprint density at radius 1 is 1.50 bits per heavy atom. The summed E-state index contributed by atoms with van der Waals surface area (Å²) in [5, 5.41) is 0. The molecule has 4 heteroatoms. The van der Waals surface area contributed by atoms with Crippen molar-refractivity contribution >= 4 is 5.97 Å². The Morgan fingerprint density at radius 3 is 2.21 bits per heavy atom. The van der Waals surface area contributed by atoms with Crippen molar-refractivity contribution in [1.29, 1.82) is 0 Å². The number of hydrogen-bond donors (Lipinski definition) is 1. The Hall–Kier alpha value is -0.610. The summed E-state index contributed by atoms with van der Waals surface area (Å²) in [4.78, 5) is 11.6. The number of esters is 1. The fraction of sp³-hybridized carbons (Fsp3) is 0.900. The van der Waals surface area contributed by atoms with E-state index in [1.54, 1.807) is 0 Å². The fourth-order valence-corrected chi connectivity index (χ4v) is 1.78. The van der Waals surface area contributed by atoms with Gasteiger partial charge in [0, 0.05) is 6.04 Å². The zero-order valence-corrected chi connectivity index (χ0v) is 9.29. The molecule has 0 aromatic rings. The number of methoxy groups -OCH3 is 1. The normalized spacial score (nSPS) is 22.4. The van der Waals surface area contributed by atoms with Crippen LogP contribution in [-0.4, -0.2) is 32.3 Å². The third-order valence-corrected chi connectivity index (χ3v) is 2.84. The summed E-state index contributed by atoms with van der Waals surface area (Å²) < 4.78 is 9.87.